The Morgan fingerprint density at radius 1 is 1.33 bits per heavy atom. The van der Waals surface area contributed by atoms with Crippen molar-refractivity contribution in [3.8, 4) is 0 Å². The molecule has 3 nitrogen and oxygen atoms in total. The molecule has 1 aromatic carbocycles. The Kier molecular flexibility index (Phi) is 4.31. The molecule has 3 N–H and O–H groups in total. The number of amides is 1. The van der Waals surface area contributed by atoms with Crippen LogP contribution in [0.1, 0.15) is 31.2 Å². The maximum atomic E-state index is 13.4. The van der Waals surface area contributed by atoms with Crippen LogP contribution in [0.15, 0.2) is 24.3 Å². The number of carbonyl (C=O) groups is 1. The Bertz CT molecular complexity index is 422. The Hall–Kier alpha value is -1.42. The molecular weight excluding hydrogens is 231 g/mol. The van der Waals surface area contributed by atoms with Gasteiger partial charge in [-0.15, -0.1) is 0 Å². The Morgan fingerprint density at radius 2 is 2.06 bits per heavy atom. The first-order valence-corrected chi connectivity index (χ1v) is 6.45. The van der Waals surface area contributed by atoms with Crippen LogP contribution in [0, 0.1) is 5.82 Å². The second kappa shape index (κ2) is 5.96. The van der Waals surface area contributed by atoms with Gasteiger partial charge in [-0.2, -0.15) is 0 Å². The molecule has 0 aliphatic heterocycles. The number of hydrogen-bond donors (Lipinski definition) is 2. The van der Waals surface area contributed by atoms with Crippen molar-refractivity contribution in [3.63, 3.8) is 0 Å². The van der Waals surface area contributed by atoms with Gasteiger partial charge in [0.15, 0.2) is 0 Å². The summed E-state index contributed by atoms with van der Waals surface area (Å²) in [4.78, 5) is 11.8. The van der Waals surface area contributed by atoms with Crippen LogP contribution in [0.2, 0.25) is 0 Å². The van der Waals surface area contributed by atoms with E-state index in [4.69, 9.17) is 5.73 Å². The van der Waals surface area contributed by atoms with Gasteiger partial charge in [-0.1, -0.05) is 31.0 Å². The molecule has 4 heteroatoms. The summed E-state index contributed by atoms with van der Waals surface area (Å²) < 4.78 is 13.4. The molecule has 98 valence electrons. The summed E-state index contributed by atoms with van der Waals surface area (Å²) in [6, 6.07) is 6.43. The lowest BCUT2D eigenvalue weighted by molar-refractivity contribution is -0.121. The highest BCUT2D eigenvalue weighted by atomic mass is 19.1. The maximum Gasteiger partial charge on any atom is 0.224 e. The van der Waals surface area contributed by atoms with Crippen LogP contribution >= 0.6 is 0 Å². The van der Waals surface area contributed by atoms with E-state index < -0.39 is 0 Å². The molecule has 1 aliphatic carbocycles. The average molecular weight is 250 g/mol. The van der Waals surface area contributed by atoms with Crippen molar-refractivity contribution in [2.24, 2.45) is 5.73 Å². The second-order valence-electron chi connectivity index (χ2n) is 4.89. The number of nitrogens with one attached hydrogen (secondary N) is 1. The molecular formula is C14H19FN2O. The predicted octanol–water partition coefficient (Wildman–Crippen LogP) is 1.75. The molecule has 1 aliphatic rings. The fourth-order valence-electron chi connectivity index (χ4n) is 2.41. The highest BCUT2D eigenvalue weighted by Crippen LogP contribution is 2.17. The lowest BCUT2D eigenvalue weighted by Crippen LogP contribution is -2.49. The third kappa shape index (κ3) is 3.29. The number of halogens is 1. The number of carbonyl (C=O) groups excluding carboxylic acids is 1. The average Bonchev–Trinajstić information content (AvgIpc) is 2.35. The van der Waals surface area contributed by atoms with E-state index in [1.807, 2.05) is 0 Å². The van der Waals surface area contributed by atoms with Crippen LogP contribution < -0.4 is 11.1 Å². The van der Waals surface area contributed by atoms with Crippen molar-refractivity contribution in [1.82, 2.24) is 5.32 Å². The lowest BCUT2D eigenvalue weighted by atomic mass is 9.91. The van der Waals surface area contributed by atoms with E-state index in [1.54, 1.807) is 18.2 Å². The standard InChI is InChI=1S/C14H19FN2O/c15-11-6-2-1-5-10(11)9-14(18)17-13-8-4-3-7-12(13)16/h1-2,5-6,12-13H,3-4,7-9,16H2,(H,17,18)/t12-,13-/m1/s1. The summed E-state index contributed by atoms with van der Waals surface area (Å²) in [5.41, 5.74) is 6.39. The topological polar surface area (TPSA) is 55.1 Å². The fraction of sp³-hybridized carbons (Fsp3) is 0.500. The molecule has 1 fully saturated rings. The first kappa shape index (κ1) is 13.0. The molecule has 0 saturated heterocycles. The third-order valence-corrected chi connectivity index (χ3v) is 3.47. The maximum absolute atomic E-state index is 13.4. The van der Waals surface area contributed by atoms with Crippen LogP contribution in [0.3, 0.4) is 0 Å². The smallest absolute Gasteiger partial charge is 0.224 e. The van der Waals surface area contributed by atoms with Crippen molar-refractivity contribution in [2.75, 3.05) is 0 Å². The Morgan fingerprint density at radius 3 is 2.78 bits per heavy atom. The van der Waals surface area contributed by atoms with Gasteiger partial charge in [-0.25, -0.2) is 4.39 Å². The van der Waals surface area contributed by atoms with Crippen molar-refractivity contribution >= 4 is 5.91 Å². The van der Waals surface area contributed by atoms with E-state index in [2.05, 4.69) is 5.32 Å². The van der Waals surface area contributed by atoms with Gasteiger partial charge in [0.05, 0.1) is 6.42 Å². The fourth-order valence-corrected chi connectivity index (χ4v) is 2.41. The molecule has 18 heavy (non-hydrogen) atoms. The van der Waals surface area contributed by atoms with Gasteiger partial charge >= 0.3 is 0 Å². The summed E-state index contributed by atoms with van der Waals surface area (Å²) in [6.45, 7) is 0. The SMILES string of the molecule is N[C@@H]1CCCC[C@H]1NC(=O)Cc1ccccc1F. The van der Waals surface area contributed by atoms with Gasteiger partial charge in [-0.05, 0) is 24.5 Å². The van der Waals surface area contributed by atoms with Crippen molar-refractivity contribution < 1.29 is 9.18 Å². The molecule has 1 amide bonds. The summed E-state index contributed by atoms with van der Waals surface area (Å²) in [5.74, 6) is -0.483. The lowest BCUT2D eigenvalue weighted by Gasteiger charge is -2.29. The summed E-state index contributed by atoms with van der Waals surface area (Å²) in [6.07, 6.45) is 4.17. The Labute approximate surface area is 107 Å². The van der Waals surface area contributed by atoms with Gasteiger partial charge in [0.1, 0.15) is 5.82 Å². The van der Waals surface area contributed by atoms with Crippen LogP contribution in [-0.2, 0) is 11.2 Å². The molecule has 1 saturated carbocycles. The van der Waals surface area contributed by atoms with Crippen LogP contribution in [-0.4, -0.2) is 18.0 Å². The van der Waals surface area contributed by atoms with Crippen LogP contribution in [0.25, 0.3) is 0 Å². The first-order valence-electron chi connectivity index (χ1n) is 6.45. The number of benzene rings is 1. The van der Waals surface area contributed by atoms with Crippen LogP contribution in [0.4, 0.5) is 4.39 Å². The van der Waals surface area contributed by atoms with Crippen molar-refractivity contribution in [2.45, 2.75) is 44.2 Å². The number of nitrogens with two attached hydrogens (primary N) is 1. The molecule has 0 aromatic heterocycles. The zero-order valence-electron chi connectivity index (χ0n) is 10.4. The van der Waals surface area contributed by atoms with Gasteiger partial charge in [0.25, 0.3) is 0 Å². The quantitative estimate of drug-likeness (QED) is 0.858. The summed E-state index contributed by atoms with van der Waals surface area (Å²) in [5, 5.41) is 2.91. The summed E-state index contributed by atoms with van der Waals surface area (Å²) >= 11 is 0. The predicted molar refractivity (Wildman–Crippen MR) is 68.5 cm³/mol. The van der Waals surface area contributed by atoms with E-state index in [-0.39, 0.29) is 30.2 Å². The van der Waals surface area contributed by atoms with E-state index in [0.717, 1.165) is 25.7 Å². The van der Waals surface area contributed by atoms with E-state index in [1.165, 1.54) is 6.07 Å². The molecule has 1 aromatic rings. The van der Waals surface area contributed by atoms with Gasteiger partial charge in [-0.3, -0.25) is 4.79 Å². The monoisotopic (exact) mass is 250 g/mol. The van der Waals surface area contributed by atoms with E-state index in [9.17, 15) is 9.18 Å². The summed E-state index contributed by atoms with van der Waals surface area (Å²) in [7, 11) is 0. The van der Waals surface area contributed by atoms with E-state index >= 15 is 0 Å². The third-order valence-electron chi connectivity index (χ3n) is 3.47. The molecule has 0 heterocycles. The number of hydrogen-bond acceptors (Lipinski definition) is 2. The zero-order chi connectivity index (χ0) is 13.0. The highest BCUT2D eigenvalue weighted by Gasteiger charge is 2.23. The minimum atomic E-state index is -0.333. The number of rotatable bonds is 3. The second-order valence-corrected chi connectivity index (χ2v) is 4.89. The van der Waals surface area contributed by atoms with Crippen LogP contribution in [0.5, 0.6) is 0 Å². The largest absolute Gasteiger partial charge is 0.352 e. The zero-order valence-corrected chi connectivity index (χ0v) is 10.4. The molecule has 0 spiro atoms. The highest BCUT2D eigenvalue weighted by molar-refractivity contribution is 5.79. The Balaban J connectivity index is 1.90. The molecule has 0 unspecified atom stereocenters. The molecule has 0 bridgehead atoms. The minimum absolute atomic E-state index is 0.0309. The van der Waals surface area contributed by atoms with Gasteiger partial charge < -0.3 is 11.1 Å². The van der Waals surface area contributed by atoms with Crippen molar-refractivity contribution in [3.05, 3.63) is 35.6 Å². The normalized spacial score (nSPS) is 23.7. The molecule has 2 rings (SSSR count). The van der Waals surface area contributed by atoms with Gasteiger partial charge in [0.2, 0.25) is 5.91 Å². The van der Waals surface area contributed by atoms with Crippen molar-refractivity contribution in [1.29, 1.82) is 0 Å². The van der Waals surface area contributed by atoms with Gasteiger partial charge in [0, 0.05) is 12.1 Å². The molecule has 0 radical (unpaired) electrons. The minimum Gasteiger partial charge on any atom is -0.352 e. The molecule has 2 atom stereocenters. The van der Waals surface area contributed by atoms with E-state index in [0.29, 0.717) is 5.56 Å². The first-order chi connectivity index (χ1) is 8.66.